The average molecular weight is 315 g/mol. The van der Waals surface area contributed by atoms with Gasteiger partial charge in [0.05, 0.1) is 22.9 Å². The minimum atomic E-state index is -1.10. The number of carbonyl (C=O) groups is 2. The van der Waals surface area contributed by atoms with Crippen LogP contribution >= 0.6 is 0 Å². The van der Waals surface area contributed by atoms with Gasteiger partial charge in [0, 0.05) is 24.5 Å². The molecule has 1 aromatic heterocycles. The average Bonchev–Trinajstić information content (AvgIpc) is 2.54. The first kappa shape index (κ1) is 16.1. The van der Waals surface area contributed by atoms with Gasteiger partial charge in [0.15, 0.2) is 0 Å². The first-order valence-corrected chi connectivity index (χ1v) is 6.64. The number of hydrogen-bond acceptors (Lipinski definition) is 5. The molecule has 2 N–H and O–H groups in total. The van der Waals surface area contributed by atoms with Gasteiger partial charge < -0.3 is 10.4 Å². The van der Waals surface area contributed by atoms with Gasteiger partial charge in [-0.15, -0.1) is 0 Å². The van der Waals surface area contributed by atoms with Crippen LogP contribution in [-0.4, -0.2) is 26.9 Å². The van der Waals surface area contributed by atoms with Crippen molar-refractivity contribution in [2.24, 2.45) is 0 Å². The molecule has 0 bridgehead atoms. The molecular formula is C15H13N3O5. The lowest BCUT2D eigenvalue weighted by atomic mass is 10.0. The summed E-state index contributed by atoms with van der Waals surface area (Å²) in [6.45, 7) is 0. The van der Waals surface area contributed by atoms with Gasteiger partial charge in [0.1, 0.15) is 0 Å². The van der Waals surface area contributed by atoms with Crippen LogP contribution in [0.1, 0.15) is 28.4 Å². The molecule has 8 heteroatoms. The number of rotatable bonds is 6. The van der Waals surface area contributed by atoms with E-state index in [1.807, 2.05) is 0 Å². The number of hydrogen-bond donors (Lipinski definition) is 2. The quantitative estimate of drug-likeness (QED) is 0.620. The fraction of sp³-hybridized carbons (Fsp3) is 0.133. The van der Waals surface area contributed by atoms with Gasteiger partial charge in [0.25, 0.3) is 11.6 Å². The standard InChI is InChI=1S/C15H13N3O5/c19-14(20)8-13(10-3-5-12(6-4-10)18(22)23)17-15(21)11-2-1-7-16-9-11/h1-7,9,13H,8H2,(H,17,21)(H,19,20). The van der Waals surface area contributed by atoms with Crippen molar-refractivity contribution in [3.63, 3.8) is 0 Å². The molecule has 1 amide bonds. The predicted octanol–water partition coefficient (Wildman–Crippen LogP) is 1.94. The van der Waals surface area contributed by atoms with E-state index in [-0.39, 0.29) is 12.1 Å². The second-order valence-electron chi connectivity index (χ2n) is 4.71. The summed E-state index contributed by atoms with van der Waals surface area (Å²) in [4.78, 5) is 37.1. The zero-order valence-corrected chi connectivity index (χ0v) is 11.9. The van der Waals surface area contributed by atoms with Crippen LogP contribution in [0.25, 0.3) is 0 Å². The molecular weight excluding hydrogens is 302 g/mol. The molecule has 1 heterocycles. The summed E-state index contributed by atoms with van der Waals surface area (Å²) in [6.07, 6.45) is 2.54. The summed E-state index contributed by atoms with van der Waals surface area (Å²) in [7, 11) is 0. The molecule has 2 rings (SSSR count). The Morgan fingerprint density at radius 3 is 2.48 bits per heavy atom. The lowest BCUT2D eigenvalue weighted by Gasteiger charge is -2.17. The zero-order valence-electron chi connectivity index (χ0n) is 11.9. The van der Waals surface area contributed by atoms with Crippen molar-refractivity contribution in [2.75, 3.05) is 0 Å². The fourth-order valence-electron chi connectivity index (χ4n) is 1.99. The van der Waals surface area contributed by atoms with Gasteiger partial charge in [-0.2, -0.15) is 0 Å². The van der Waals surface area contributed by atoms with Crippen LogP contribution in [0, 0.1) is 10.1 Å². The Hall–Kier alpha value is -3.29. The van der Waals surface area contributed by atoms with Gasteiger partial charge >= 0.3 is 5.97 Å². The summed E-state index contributed by atoms with van der Waals surface area (Å²) in [5.41, 5.74) is 0.654. The minimum Gasteiger partial charge on any atom is -0.481 e. The molecule has 118 valence electrons. The Labute approximate surface area is 130 Å². The molecule has 8 nitrogen and oxygen atoms in total. The summed E-state index contributed by atoms with van der Waals surface area (Å²) in [5.74, 6) is -1.57. The lowest BCUT2D eigenvalue weighted by molar-refractivity contribution is -0.384. The second-order valence-corrected chi connectivity index (χ2v) is 4.71. The Morgan fingerprint density at radius 2 is 1.96 bits per heavy atom. The number of benzene rings is 1. The highest BCUT2D eigenvalue weighted by Gasteiger charge is 2.20. The maximum absolute atomic E-state index is 12.1. The molecule has 0 aliphatic carbocycles. The third-order valence-corrected chi connectivity index (χ3v) is 3.11. The van der Waals surface area contributed by atoms with Gasteiger partial charge in [-0.25, -0.2) is 0 Å². The SMILES string of the molecule is O=C(O)CC(NC(=O)c1cccnc1)c1ccc([N+](=O)[O-])cc1. The maximum Gasteiger partial charge on any atom is 0.305 e. The third kappa shape index (κ3) is 4.34. The van der Waals surface area contributed by atoms with Gasteiger partial charge in [-0.1, -0.05) is 12.1 Å². The van der Waals surface area contributed by atoms with Crippen molar-refractivity contribution in [1.82, 2.24) is 10.3 Å². The van der Waals surface area contributed by atoms with Gasteiger partial charge in [0.2, 0.25) is 0 Å². The van der Waals surface area contributed by atoms with Crippen LogP contribution < -0.4 is 5.32 Å². The van der Waals surface area contributed by atoms with Gasteiger partial charge in [-0.05, 0) is 17.7 Å². The number of non-ortho nitro benzene ring substituents is 1. The molecule has 0 spiro atoms. The van der Waals surface area contributed by atoms with Crippen molar-refractivity contribution in [3.8, 4) is 0 Å². The monoisotopic (exact) mass is 315 g/mol. The molecule has 2 aromatic rings. The zero-order chi connectivity index (χ0) is 16.8. The van der Waals surface area contributed by atoms with Crippen LogP contribution in [0.5, 0.6) is 0 Å². The van der Waals surface area contributed by atoms with Crippen LogP contribution in [0.15, 0.2) is 48.8 Å². The molecule has 0 saturated heterocycles. The molecule has 0 fully saturated rings. The number of carboxylic acid groups (broad SMARTS) is 1. The summed E-state index contributed by atoms with van der Waals surface area (Å²) < 4.78 is 0. The molecule has 1 aromatic carbocycles. The summed E-state index contributed by atoms with van der Waals surface area (Å²) in [5, 5.41) is 22.3. The number of nitrogens with one attached hydrogen (secondary N) is 1. The Balaban J connectivity index is 2.21. The molecule has 1 unspecified atom stereocenters. The molecule has 0 aliphatic heterocycles. The molecule has 0 radical (unpaired) electrons. The number of amides is 1. The van der Waals surface area contributed by atoms with Crippen molar-refractivity contribution in [2.45, 2.75) is 12.5 Å². The third-order valence-electron chi connectivity index (χ3n) is 3.11. The smallest absolute Gasteiger partial charge is 0.305 e. The van der Waals surface area contributed by atoms with Gasteiger partial charge in [-0.3, -0.25) is 24.7 Å². The Kier molecular flexibility index (Phi) is 4.98. The predicted molar refractivity (Wildman–Crippen MR) is 79.8 cm³/mol. The van der Waals surface area contributed by atoms with Crippen molar-refractivity contribution in [3.05, 3.63) is 70.0 Å². The van der Waals surface area contributed by atoms with E-state index in [1.165, 1.54) is 36.7 Å². The van der Waals surface area contributed by atoms with E-state index in [4.69, 9.17) is 5.11 Å². The number of carboxylic acids is 1. The number of carbonyl (C=O) groups excluding carboxylic acids is 1. The molecule has 1 atom stereocenters. The molecule has 0 aliphatic rings. The van der Waals surface area contributed by atoms with E-state index in [0.717, 1.165) is 0 Å². The molecule has 23 heavy (non-hydrogen) atoms. The number of pyridine rings is 1. The fourth-order valence-corrected chi connectivity index (χ4v) is 1.99. The molecule has 0 saturated carbocycles. The number of nitro benzene ring substituents is 1. The summed E-state index contributed by atoms with van der Waals surface area (Å²) >= 11 is 0. The van der Waals surface area contributed by atoms with Crippen molar-refractivity contribution >= 4 is 17.6 Å². The normalized spacial score (nSPS) is 11.5. The van der Waals surface area contributed by atoms with E-state index in [2.05, 4.69) is 10.3 Å². The van der Waals surface area contributed by atoms with Crippen LogP contribution in [0.2, 0.25) is 0 Å². The van der Waals surface area contributed by atoms with E-state index in [9.17, 15) is 19.7 Å². The van der Waals surface area contributed by atoms with Crippen LogP contribution in [-0.2, 0) is 4.79 Å². The van der Waals surface area contributed by atoms with Crippen LogP contribution in [0.4, 0.5) is 5.69 Å². The van der Waals surface area contributed by atoms with Crippen molar-refractivity contribution < 1.29 is 19.6 Å². The van der Waals surface area contributed by atoms with E-state index in [0.29, 0.717) is 11.1 Å². The number of aliphatic carboxylic acids is 1. The first-order chi connectivity index (χ1) is 11.0. The highest BCUT2D eigenvalue weighted by atomic mass is 16.6. The van der Waals surface area contributed by atoms with Crippen molar-refractivity contribution in [1.29, 1.82) is 0 Å². The van der Waals surface area contributed by atoms with E-state index in [1.54, 1.807) is 12.1 Å². The van der Waals surface area contributed by atoms with E-state index >= 15 is 0 Å². The second kappa shape index (κ2) is 7.12. The number of aromatic nitrogens is 1. The highest BCUT2D eigenvalue weighted by Crippen LogP contribution is 2.21. The minimum absolute atomic E-state index is 0.110. The largest absolute Gasteiger partial charge is 0.481 e. The van der Waals surface area contributed by atoms with E-state index < -0.39 is 22.8 Å². The lowest BCUT2D eigenvalue weighted by Crippen LogP contribution is -2.30. The van der Waals surface area contributed by atoms with Crippen LogP contribution in [0.3, 0.4) is 0 Å². The Bertz CT molecular complexity index is 716. The summed E-state index contributed by atoms with van der Waals surface area (Å²) in [6, 6.07) is 7.72. The number of nitro groups is 1. The maximum atomic E-state index is 12.1. The number of nitrogens with zero attached hydrogens (tertiary/aromatic N) is 2. The highest BCUT2D eigenvalue weighted by molar-refractivity contribution is 5.94. The first-order valence-electron chi connectivity index (χ1n) is 6.64. The Morgan fingerprint density at radius 1 is 1.26 bits per heavy atom. The topological polar surface area (TPSA) is 122 Å².